The highest BCUT2D eigenvalue weighted by atomic mass is 35.5. The first-order valence-corrected chi connectivity index (χ1v) is 29.8. The molecule has 410 valence electrons. The van der Waals surface area contributed by atoms with Crippen LogP contribution in [0.5, 0.6) is 0 Å². The summed E-state index contributed by atoms with van der Waals surface area (Å²) >= 11 is 19.7. The lowest BCUT2D eigenvalue weighted by molar-refractivity contribution is -0.193. The van der Waals surface area contributed by atoms with E-state index in [1.807, 2.05) is 59.0 Å². The fourth-order valence-electron chi connectivity index (χ4n) is 6.03. The van der Waals surface area contributed by atoms with Crippen molar-refractivity contribution in [1.29, 1.82) is 0 Å². The molecule has 1 amide bonds. The predicted molar refractivity (Wildman–Crippen MR) is 293 cm³/mol. The largest absolute Gasteiger partial charge is 0.778 e. The second kappa shape index (κ2) is 34.0. The number of halogens is 4. The number of esters is 1. The number of carboxylic acid groups (broad SMARTS) is 1. The first-order valence-electron chi connectivity index (χ1n) is 22.5. The standard InChI is InChI=1S/C15H15ClFN3O3S2.C15H22ClNO2.C9H16ClN5.C3H8NO5P.C3H9S/c1-23-13(21)8-24-12-7-11(10(17)6-9(12)16)18-14-19-4-2-3-5-20(19)15(22)25-14;1-5-13-8-6-7-11(2)15(13)17(14(18)9-16)12(3)10-19-4;1-5-11-7-12-6(10)13-8(14-7)15-9(2,3)4;5-3(6)1-4-2-10(7,8)9;1-4(2)3/h6-7H,2-5,8H2,1H3;6-8,12H,5,9-10H2,1-4H3;5H2,1-4H3,(H2,11,12,13,14,15);4H,1-2H2,(H,5,6)(H2,7,8,9);1-3H3/q;;;;+1/p-1/b18-14-;;;;. The van der Waals surface area contributed by atoms with E-state index in [0.29, 0.717) is 52.2 Å². The molecule has 0 fully saturated rings. The summed E-state index contributed by atoms with van der Waals surface area (Å²) in [5.74, 6) is -1.23. The SMILES string of the molecule is CCNc1nc(Cl)nc(NC(C)(C)C)n1.CCc1cccc(C)c1N(C(=O)CCl)C(C)COC.COC(=O)CSc1cc(/N=c2\sc(=O)n3n2CCCC3)c(F)cc1Cl.C[S+](C)C.O=C(O)CNCP(=O)([O-])O. The number of amides is 1. The average Bonchev–Trinajstić information content (AvgIpc) is 3.60. The Hall–Kier alpha value is -3.81. The summed E-state index contributed by atoms with van der Waals surface area (Å²) in [5, 5.41) is 16.5. The Morgan fingerprint density at radius 1 is 1.08 bits per heavy atom. The number of carbonyl (C=O) groups is 3. The smallest absolute Gasteiger partial charge is 0.325 e. The van der Waals surface area contributed by atoms with Gasteiger partial charge < -0.3 is 44.5 Å². The van der Waals surface area contributed by atoms with Gasteiger partial charge in [0, 0.05) is 37.2 Å². The second-order valence-corrected chi connectivity index (χ2v) is 23.9. The van der Waals surface area contributed by atoms with Crippen LogP contribution in [0.2, 0.25) is 10.3 Å². The van der Waals surface area contributed by atoms with Crippen molar-refractivity contribution in [1.82, 2.24) is 29.6 Å². The lowest BCUT2D eigenvalue weighted by Crippen LogP contribution is -2.43. The van der Waals surface area contributed by atoms with Crippen LogP contribution in [0.1, 0.15) is 65.5 Å². The van der Waals surface area contributed by atoms with E-state index in [1.165, 1.54) is 13.2 Å². The summed E-state index contributed by atoms with van der Waals surface area (Å²) in [5.41, 5.74) is 3.19. The molecular weight excluding hydrogens is 1090 g/mol. The van der Waals surface area contributed by atoms with Crippen molar-refractivity contribution in [3.63, 3.8) is 0 Å². The summed E-state index contributed by atoms with van der Waals surface area (Å²) in [6.07, 6.45) is 8.65. The highest BCUT2D eigenvalue weighted by molar-refractivity contribution is 8.00. The molecule has 0 saturated heterocycles. The number of aliphatic carboxylic acids is 1. The summed E-state index contributed by atoms with van der Waals surface area (Å²) < 4.78 is 37.4. The van der Waals surface area contributed by atoms with Crippen LogP contribution < -0.4 is 35.4 Å². The van der Waals surface area contributed by atoms with Gasteiger partial charge in [-0.2, -0.15) is 15.0 Å². The molecule has 0 bridgehead atoms. The molecule has 0 aliphatic carbocycles. The zero-order valence-electron chi connectivity index (χ0n) is 43.2. The highest BCUT2D eigenvalue weighted by Crippen LogP contribution is 2.33. The zero-order chi connectivity index (χ0) is 55.6. The van der Waals surface area contributed by atoms with E-state index < -0.39 is 38.2 Å². The topological polar surface area (TPSA) is 268 Å². The molecule has 5 N–H and O–H groups in total. The number of nitrogens with one attached hydrogen (secondary N) is 3. The molecule has 1 aliphatic rings. The lowest BCUT2D eigenvalue weighted by Gasteiger charge is -2.31. The highest BCUT2D eigenvalue weighted by Gasteiger charge is 2.25. The van der Waals surface area contributed by atoms with E-state index >= 15 is 0 Å². The van der Waals surface area contributed by atoms with Crippen molar-refractivity contribution in [2.45, 2.75) is 97.3 Å². The van der Waals surface area contributed by atoms with E-state index in [4.69, 9.17) is 49.5 Å². The van der Waals surface area contributed by atoms with Crippen molar-refractivity contribution < 1.29 is 47.7 Å². The fraction of sp³-hybridized carbons (Fsp3) is 0.556. The number of aromatic nitrogens is 5. The monoisotopic (exact) mass is 1160 g/mol. The number of para-hydroxylation sites is 1. The first-order chi connectivity index (χ1) is 34.1. The van der Waals surface area contributed by atoms with E-state index in [1.54, 1.807) is 21.4 Å². The number of benzene rings is 2. The number of anilines is 3. The number of hydrogen-bond donors (Lipinski definition) is 5. The summed E-state index contributed by atoms with van der Waals surface area (Å²) in [4.78, 5) is 82.3. The van der Waals surface area contributed by atoms with Gasteiger partial charge in [-0.1, -0.05) is 36.7 Å². The van der Waals surface area contributed by atoms with Crippen molar-refractivity contribution in [3.8, 4) is 0 Å². The number of thioether (sulfide) groups is 1. The number of alkyl halides is 1. The normalized spacial score (nSPS) is 13.2. The van der Waals surface area contributed by atoms with Crippen LogP contribution in [0.3, 0.4) is 0 Å². The van der Waals surface area contributed by atoms with Gasteiger partial charge in [-0.05, 0) is 118 Å². The van der Waals surface area contributed by atoms with Crippen LogP contribution in [0.15, 0.2) is 45.0 Å². The number of methoxy groups -OCH3 is 2. The molecule has 2 atom stereocenters. The lowest BCUT2D eigenvalue weighted by atomic mass is 10.0. The van der Waals surface area contributed by atoms with E-state index in [2.05, 4.69) is 67.1 Å². The number of fused-ring (bicyclic) bond motifs is 1. The molecular formula is C45H69Cl3FN10O10PS3. The van der Waals surface area contributed by atoms with Crippen LogP contribution in [0.4, 0.5) is 27.7 Å². The zero-order valence-corrected chi connectivity index (χ0v) is 48.8. The van der Waals surface area contributed by atoms with Gasteiger partial charge in [0.15, 0.2) is 0 Å². The molecule has 28 heteroatoms. The molecule has 2 aromatic carbocycles. The summed E-state index contributed by atoms with van der Waals surface area (Å²) in [6.45, 7) is 16.2. The number of carbonyl (C=O) groups excluding carboxylic acids is 2. The molecule has 0 saturated carbocycles. The van der Waals surface area contributed by atoms with Crippen molar-refractivity contribution in [2.24, 2.45) is 4.99 Å². The summed E-state index contributed by atoms with van der Waals surface area (Å²) in [7, 11) is -0.773. The predicted octanol–water partition coefficient (Wildman–Crippen LogP) is 6.78. The maximum absolute atomic E-state index is 14.3. The minimum Gasteiger partial charge on any atom is -0.778 e. The van der Waals surface area contributed by atoms with E-state index in [-0.39, 0.29) is 50.0 Å². The number of ether oxygens (including phenoxy) is 2. The average molecular weight is 1160 g/mol. The van der Waals surface area contributed by atoms with Gasteiger partial charge in [0.25, 0.3) is 0 Å². The molecule has 2 aromatic heterocycles. The fourth-order valence-corrected chi connectivity index (χ4v) is 8.70. The number of rotatable bonds is 17. The minimum atomic E-state index is -4.35. The molecule has 4 aromatic rings. The van der Waals surface area contributed by atoms with Gasteiger partial charge in [0.1, 0.15) is 25.0 Å². The Morgan fingerprint density at radius 3 is 2.23 bits per heavy atom. The van der Waals surface area contributed by atoms with Crippen LogP contribution in [0, 0.1) is 12.7 Å². The van der Waals surface area contributed by atoms with Gasteiger partial charge in [0.2, 0.25) is 27.9 Å². The maximum Gasteiger partial charge on any atom is 0.325 e. The minimum absolute atomic E-state index is 0.0223. The van der Waals surface area contributed by atoms with Crippen LogP contribution in [0.25, 0.3) is 0 Å². The van der Waals surface area contributed by atoms with Gasteiger partial charge in [-0.3, -0.25) is 29.2 Å². The van der Waals surface area contributed by atoms with Crippen molar-refractivity contribution in [3.05, 3.63) is 72.1 Å². The molecule has 2 unspecified atom stereocenters. The third-order valence-electron chi connectivity index (χ3n) is 8.87. The van der Waals surface area contributed by atoms with Crippen LogP contribution in [-0.4, -0.2) is 134 Å². The third-order valence-corrected chi connectivity index (χ3v) is 12.2. The number of hydrogen-bond acceptors (Lipinski definition) is 17. The Labute approximate surface area is 452 Å². The van der Waals surface area contributed by atoms with Gasteiger partial charge in [-0.25, -0.2) is 14.1 Å². The Balaban J connectivity index is 0.000000496. The molecule has 0 radical (unpaired) electrons. The number of nitrogens with zero attached hydrogens (tertiary/aromatic N) is 7. The van der Waals surface area contributed by atoms with Gasteiger partial charge in [0.05, 0.1) is 67.8 Å². The van der Waals surface area contributed by atoms with Gasteiger partial charge >= 0.3 is 16.8 Å². The summed E-state index contributed by atoms with van der Waals surface area (Å²) in [6, 6.07) is 8.69. The Morgan fingerprint density at radius 2 is 1.70 bits per heavy atom. The van der Waals surface area contributed by atoms with Crippen molar-refractivity contribution >= 4 is 118 Å². The molecule has 3 heterocycles. The molecule has 20 nitrogen and oxygen atoms in total. The van der Waals surface area contributed by atoms with Crippen LogP contribution in [-0.2, 0) is 58.8 Å². The number of aryl methyl sites for hydroxylation is 2. The number of carboxylic acids is 1. The quantitative estimate of drug-likeness (QED) is 0.0240. The Bertz CT molecular complexity index is 2560. The second-order valence-electron chi connectivity index (χ2n) is 17.0. The van der Waals surface area contributed by atoms with E-state index in [0.717, 1.165) is 71.8 Å². The maximum atomic E-state index is 14.3. The van der Waals surface area contributed by atoms with Gasteiger partial charge in [-0.15, -0.1) is 23.4 Å². The molecule has 1 aliphatic heterocycles. The first kappa shape index (κ1) is 67.2. The molecule has 0 spiro atoms. The van der Waals surface area contributed by atoms with Crippen LogP contribution >= 0.6 is 65.5 Å². The molecule has 5 rings (SSSR count). The van der Waals surface area contributed by atoms with E-state index in [9.17, 15) is 33.0 Å². The molecule has 73 heavy (non-hydrogen) atoms. The van der Waals surface area contributed by atoms with Crippen molar-refractivity contribution in [2.75, 3.05) is 86.1 Å². The third kappa shape index (κ3) is 26.5. The Kier molecular flexibility index (Phi) is 31.3.